The average Bonchev–Trinajstić information content (AvgIpc) is 3.07. The topological polar surface area (TPSA) is 111 Å². The van der Waals surface area contributed by atoms with Crippen LogP contribution in [0.3, 0.4) is 0 Å². The van der Waals surface area contributed by atoms with E-state index in [9.17, 15) is 19.5 Å². The number of nitrogens with zero attached hydrogens (tertiary/aromatic N) is 3. The zero-order chi connectivity index (χ0) is 21.2. The van der Waals surface area contributed by atoms with Crippen molar-refractivity contribution in [1.29, 1.82) is 0 Å². The first-order valence-electron chi connectivity index (χ1n) is 9.89. The van der Waals surface area contributed by atoms with Gasteiger partial charge in [-0.15, -0.1) is 5.10 Å². The molecule has 0 unspecified atom stereocenters. The number of ether oxygens (including phenoxy) is 1. The molecule has 2 aromatic rings. The van der Waals surface area contributed by atoms with Crippen LogP contribution in [0.1, 0.15) is 12.8 Å². The van der Waals surface area contributed by atoms with Crippen LogP contribution in [-0.2, 0) is 20.9 Å². The Morgan fingerprint density at radius 3 is 2.66 bits per heavy atom. The molecular formula is C20H27N3O5Si. The first-order chi connectivity index (χ1) is 13.7. The number of hydrogen-bond donors (Lipinski definition) is 1. The van der Waals surface area contributed by atoms with Gasteiger partial charge in [0.1, 0.15) is 5.52 Å². The monoisotopic (exact) mass is 417 g/mol. The molecule has 0 radical (unpaired) electrons. The first-order valence-corrected chi connectivity index (χ1v) is 13.6. The third-order valence-corrected chi connectivity index (χ3v) is 7.22. The van der Waals surface area contributed by atoms with Crippen molar-refractivity contribution in [3.63, 3.8) is 0 Å². The van der Waals surface area contributed by atoms with E-state index in [4.69, 9.17) is 4.74 Å². The molecule has 1 aromatic heterocycles. The number of esters is 1. The number of carboxylic acid groups (broad SMARTS) is 1. The fourth-order valence-corrected chi connectivity index (χ4v) is 4.55. The van der Waals surface area contributed by atoms with E-state index in [1.807, 2.05) is 0 Å². The molecule has 1 aliphatic carbocycles. The molecule has 1 fully saturated rings. The Morgan fingerprint density at radius 2 is 1.97 bits per heavy atom. The van der Waals surface area contributed by atoms with Crippen LogP contribution in [0.4, 0.5) is 0 Å². The summed E-state index contributed by atoms with van der Waals surface area (Å²) in [6.07, 6.45) is 0.898. The summed E-state index contributed by atoms with van der Waals surface area (Å²) in [7, 11) is -1.37. The smallest absolute Gasteiger partial charge is 0.310 e. The molecule has 29 heavy (non-hydrogen) atoms. The summed E-state index contributed by atoms with van der Waals surface area (Å²) < 4.78 is 6.70. The Kier molecular flexibility index (Phi) is 6.16. The highest BCUT2D eigenvalue weighted by Gasteiger charge is 2.46. The van der Waals surface area contributed by atoms with Crippen LogP contribution in [0.25, 0.3) is 10.9 Å². The quantitative estimate of drug-likeness (QED) is 0.544. The SMILES string of the molecule is C[Si](C)(C)CCOC(=O)[C@H]1[C@H](Cn2nnc3ccccc3c2=O)CC[C@@H]1C(=O)O. The van der Waals surface area contributed by atoms with Crippen LogP contribution in [0.15, 0.2) is 29.1 Å². The third-order valence-electron chi connectivity index (χ3n) is 5.51. The Bertz CT molecular complexity index is 968. The summed E-state index contributed by atoms with van der Waals surface area (Å²) in [4.78, 5) is 37.2. The normalized spacial score (nSPS) is 22.0. The number of carboxylic acids is 1. The van der Waals surface area contributed by atoms with Crippen LogP contribution in [-0.4, -0.2) is 46.7 Å². The van der Waals surface area contributed by atoms with Gasteiger partial charge in [-0.25, -0.2) is 4.68 Å². The number of aromatic nitrogens is 3. The molecule has 0 saturated heterocycles. The summed E-state index contributed by atoms with van der Waals surface area (Å²) in [6, 6.07) is 7.75. The molecule has 3 atom stereocenters. The summed E-state index contributed by atoms with van der Waals surface area (Å²) in [5, 5.41) is 18.1. The number of hydrogen-bond acceptors (Lipinski definition) is 6. The van der Waals surface area contributed by atoms with Crippen LogP contribution in [0, 0.1) is 17.8 Å². The summed E-state index contributed by atoms with van der Waals surface area (Å²) in [6.45, 7) is 7.01. The van der Waals surface area contributed by atoms with Crippen molar-refractivity contribution in [3.05, 3.63) is 34.6 Å². The fourth-order valence-electron chi connectivity index (χ4n) is 3.84. The lowest BCUT2D eigenvalue weighted by Crippen LogP contribution is -2.36. The number of benzene rings is 1. The first kappa shape index (κ1) is 21.2. The van der Waals surface area contributed by atoms with E-state index < -0.39 is 31.8 Å². The highest BCUT2D eigenvalue weighted by molar-refractivity contribution is 6.76. The van der Waals surface area contributed by atoms with E-state index in [2.05, 4.69) is 30.0 Å². The van der Waals surface area contributed by atoms with Gasteiger partial charge in [0.05, 0.1) is 30.4 Å². The van der Waals surface area contributed by atoms with Gasteiger partial charge in [-0.1, -0.05) is 37.0 Å². The standard InChI is InChI=1S/C20H27N3O5Si/c1-29(2,3)11-10-28-20(27)17-13(8-9-15(17)19(25)26)12-23-18(24)14-6-4-5-7-16(14)21-22-23/h4-7,13,15,17H,8-12H2,1-3H3,(H,25,26)/t13-,15-,17-/m0/s1. The molecule has 0 bridgehead atoms. The Labute approximate surface area is 169 Å². The second-order valence-corrected chi connectivity index (χ2v) is 14.5. The van der Waals surface area contributed by atoms with Gasteiger partial charge in [-0.3, -0.25) is 14.4 Å². The summed E-state index contributed by atoms with van der Waals surface area (Å²) in [5.74, 6) is -3.40. The molecular weight excluding hydrogens is 390 g/mol. The largest absolute Gasteiger partial charge is 0.481 e. The van der Waals surface area contributed by atoms with Crippen LogP contribution in [0.2, 0.25) is 25.7 Å². The van der Waals surface area contributed by atoms with Crippen LogP contribution >= 0.6 is 0 Å². The molecule has 9 heteroatoms. The lowest BCUT2D eigenvalue weighted by Gasteiger charge is -2.22. The van der Waals surface area contributed by atoms with Crippen LogP contribution in [0.5, 0.6) is 0 Å². The van der Waals surface area contributed by atoms with Crippen molar-refractivity contribution in [3.8, 4) is 0 Å². The molecule has 0 aliphatic heterocycles. The van der Waals surface area contributed by atoms with Gasteiger partial charge >= 0.3 is 11.9 Å². The minimum Gasteiger partial charge on any atom is -0.481 e. The second kappa shape index (κ2) is 8.44. The van der Waals surface area contributed by atoms with Gasteiger partial charge in [0.25, 0.3) is 5.56 Å². The van der Waals surface area contributed by atoms with E-state index in [0.717, 1.165) is 6.04 Å². The summed E-state index contributed by atoms with van der Waals surface area (Å²) in [5.41, 5.74) is 0.214. The lowest BCUT2D eigenvalue weighted by molar-refractivity contribution is -0.157. The molecule has 156 valence electrons. The maximum Gasteiger partial charge on any atom is 0.310 e. The Morgan fingerprint density at radius 1 is 1.24 bits per heavy atom. The number of carbonyl (C=O) groups excluding carboxylic acids is 1. The minimum absolute atomic E-state index is 0.147. The molecule has 8 nitrogen and oxygen atoms in total. The zero-order valence-electron chi connectivity index (χ0n) is 17.0. The molecule has 0 spiro atoms. The van der Waals surface area contributed by atoms with E-state index in [1.54, 1.807) is 24.3 Å². The fraction of sp³-hybridized carbons (Fsp3) is 0.550. The minimum atomic E-state index is -1.37. The predicted molar refractivity (Wildman–Crippen MR) is 110 cm³/mol. The van der Waals surface area contributed by atoms with Gasteiger partial charge in [-0.05, 0) is 36.9 Å². The maximum atomic E-state index is 12.8. The van der Waals surface area contributed by atoms with Crippen molar-refractivity contribution >= 4 is 30.9 Å². The number of carbonyl (C=O) groups is 2. The molecule has 3 rings (SSSR count). The van der Waals surface area contributed by atoms with Gasteiger partial charge in [0.15, 0.2) is 0 Å². The maximum absolute atomic E-state index is 12.8. The average molecular weight is 418 g/mol. The van der Waals surface area contributed by atoms with Gasteiger partial charge < -0.3 is 9.84 Å². The molecule has 1 aliphatic rings. The van der Waals surface area contributed by atoms with E-state index in [0.29, 0.717) is 30.4 Å². The number of aliphatic carboxylic acids is 1. The van der Waals surface area contributed by atoms with Gasteiger partial charge in [0.2, 0.25) is 0 Å². The van der Waals surface area contributed by atoms with Crippen LogP contribution < -0.4 is 5.56 Å². The highest BCUT2D eigenvalue weighted by Crippen LogP contribution is 2.39. The van der Waals surface area contributed by atoms with Crippen molar-refractivity contribution < 1.29 is 19.4 Å². The highest BCUT2D eigenvalue weighted by atomic mass is 28.3. The second-order valence-electron chi connectivity index (χ2n) is 8.88. The molecule has 0 amide bonds. The third kappa shape index (κ3) is 4.90. The van der Waals surface area contributed by atoms with Crippen molar-refractivity contribution in [2.45, 2.75) is 45.1 Å². The lowest BCUT2D eigenvalue weighted by atomic mass is 9.89. The Balaban J connectivity index is 1.80. The van der Waals surface area contributed by atoms with Gasteiger partial charge in [0, 0.05) is 8.07 Å². The molecule has 1 heterocycles. The zero-order valence-corrected chi connectivity index (χ0v) is 18.0. The van der Waals surface area contributed by atoms with E-state index in [-0.39, 0.29) is 18.0 Å². The Hall–Kier alpha value is -2.55. The number of rotatable bonds is 7. The van der Waals surface area contributed by atoms with Crippen molar-refractivity contribution in [2.75, 3.05) is 6.61 Å². The van der Waals surface area contributed by atoms with Gasteiger partial charge in [-0.2, -0.15) is 0 Å². The molecule has 1 aromatic carbocycles. The van der Waals surface area contributed by atoms with E-state index in [1.165, 1.54) is 4.68 Å². The number of fused-ring (bicyclic) bond motifs is 1. The molecule has 1 saturated carbocycles. The van der Waals surface area contributed by atoms with Crippen molar-refractivity contribution in [2.24, 2.45) is 17.8 Å². The summed E-state index contributed by atoms with van der Waals surface area (Å²) >= 11 is 0. The predicted octanol–water partition coefficient (Wildman–Crippen LogP) is 2.40. The molecule has 1 N–H and O–H groups in total. The van der Waals surface area contributed by atoms with E-state index >= 15 is 0 Å². The van der Waals surface area contributed by atoms with Crippen molar-refractivity contribution in [1.82, 2.24) is 15.0 Å².